The van der Waals surface area contributed by atoms with Crippen LogP contribution >= 0.6 is 0 Å². The largest absolute Gasteiger partial charge is 0.289 e. The summed E-state index contributed by atoms with van der Waals surface area (Å²) in [5.41, 5.74) is -0.632. The van der Waals surface area contributed by atoms with Crippen molar-refractivity contribution in [3.8, 4) is 0 Å². The summed E-state index contributed by atoms with van der Waals surface area (Å²) in [6.45, 7) is 0. The third-order valence-electron chi connectivity index (χ3n) is 4.88. The summed E-state index contributed by atoms with van der Waals surface area (Å²) >= 11 is 0. The fourth-order valence-corrected chi connectivity index (χ4v) is 3.88. The molecule has 0 saturated heterocycles. The zero-order valence-electron chi connectivity index (χ0n) is 12.8. The Morgan fingerprint density at radius 2 is 1.16 bits per heavy atom. The topological polar surface area (TPSA) is 77.3 Å². The third-order valence-corrected chi connectivity index (χ3v) is 4.88. The molecule has 0 heterocycles. The average molecular weight is 327 g/mol. The molecule has 5 nitrogen and oxygen atoms in total. The minimum absolute atomic E-state index is 0.0670. The van der Waals surface area contributed by atoms with Crippen LogP contribution in [0.4, 0.5) is 5.69 Å². The molecule has 0 aliphatic rings. The van der Waals surface area contributed by atoms with Gasteiger partial charge in [0, 0.05) is 22.2 Å². The Hall–Kier alpha value is -3.60. The van der Waals surface area contributed by atoms with Crippen LogP contribution in [0.15, 0.2) is 64.2 Å². The molecule has 0 amide bonds. The number of hydrogen-bond acceptors (Lipinski definition) is 4. The van der Waals surface area contributed by atoms with Crippen LogP contribution in [0.3, 0.4) is 0 Å². The van der Waals surface area contributed by atoms with Crippen molar-refractivity contribution in [2.45, 2.75) is 0 Å². The highest BCUT2D eigenvalue weighted by Crippen LogP contribution is 2.40. The fraction of sp³-hybridized carbons (Fsp3) is 0. The van der Waals surface area contributed by atoms with Crippen LogP contribution in [0, 0.1) is 10.1 Å². The second-order valence-corrected chi connectivity index (χ2v) is 6.09. The monoisotopic (exact) mass is 327 g/mol. The van der Waals surface area contributed by atoms with Gasteiger partial charge in [0.05, 0.1) is 4.92 Å². The van der Waals surface area contributed by atoms with E-state index in [2.05, 4.69) is 0 Å². The van der Waals surface area contributed by atoms with Gasteiger partial charge in [-0.3, -0.25) is 19.7 Å². The maximum Gasteiger partial charge on any atom is 0.281 e. The maximum atomic E-state index is 12.4. The molecule has 5 aromatic carbocycles. The second kappa shape index (κ2) is 4.48. The quantitative estimate of drug-likeness (QED) is 0.203. The number of nitro groups is 1. The first-order valence-corrected chi connectivity index (χ1v) is 7.72. The zero-order chi connectivity index (χ0) is 17.3. The zero-order valence-corrected chi connectivity index (χ0v) is 12.8. The van der Waals surface area contributed by atoms with Crippen LogP contribution in [0.25, 0.3) is 43.1 Å². The van der Waals surface area contributed by atoms with E-state index in [0.29, 0.717) is 10.8 Å². The summed E-state index contributed by atoms with van der Waals surface area (Å²) in [5, 5.41) is 16.7. The van der Waals surface area contributed by atoms with Crippen LogP contribution in [0.1, 0.15) is 0 Å². The maximum absolute atomic E-state index is 12.4. The highest BCUT2D eigenvalue weighted by atomic mass is 16.6. The van der Waals surface area contributed by atoms with Gasteiger partial charge in [0.25, 0.3) is 5.69 Å². The highest BCUT2D eigenvalue weighted by Gasteiger charge is 2.21. The van der Waals surface area contributed by atoms with E-state index >= 15 is 0 Å². The lowest BCUT2D eigenvalue weighted by Gasteiger charge is -2.13. The molecular formula is C20H9NO4. The summed E-state index contributed by atoms with van der Waals surface area (Å²) in [5.74, 6) is 0. The minimum atomic E-state index is -0.527. The van der Waals surface area contributed by atoms with E-state index in [1.165, 1.54) is 18.2 Å². The Bertz CT molecular complexity index is 1440. The molecule has 0 radical (unpaired) electrons. The van der Waals surface area contributed by atoms with Crippen molar-refractivity contribution >= 4 is 48.8 Å². The summed E-state index contributed by atoms with van der Waals surface area (Å²) < 4.78 is 0. The predicted octanol–water partition coefficient (Wildman–Crippen LogP) is 3.80. The van der Waals surface area contributed by atoms with Crippen LogP contribution < -0.4 is 10.9 Å². The van der Waals surface area contributed by atoms with Gasteiger partial charge >= 0.3 is 0 Å². The van der Waals surface area contributed by atoms with Crippen molar-refractivity contribution in [3.63, 3.8) is 0 Å². The van der Waals surface area contributed by atoms with Crippen LogP contribution in [-0.2, 0) is 0 Å². The van der Waals surface area contributed by atoms with Gasteiger partial charge < -0.3 is 0 Å². The van der Waals surface area contributed by atoms with Gasteiger partial charge in [-0.25, -0.2) is 0 Å². The van der Waals surface area contributed by atoms with Crippen LogP contribution in [0.5, 0.6) is 0 Å². The van der Waals surface area contributed by atoms with E-state index in [-0.39, 0.29) is 21.9 Å². The van der Waals surface area contributed by atoms with E-state index in [4.69, 9.17) is 0 Å². The molecule has 0 bridgehead atoms. The number of rotatable bonds is 1. The van der Waals surface area contributed by atoms with Crippen molar-refractivity contribution in [1.82, 2.24) is 0 Å². The lowest BCUT2D eigenvalue weighted by Crippen LogP contribution is -2.05. The van der Waals surface area contributed by atoms with E-state index in [0.717, 1.165) is 26.9 Å². The molecule has 118 valence electrons. The molecule has 0 saturated carbocycles. The van der Waals surface area contributed by atoms with Crippen LogP contribution in [0.2, 0.25) is 0 Å². The minimum Gasteiger partial charge on any atom is -0.289 e. The Kier molecular flexibility index (Phi) is 2.47. The number of non-ortho nitro benzene ring substituents is 1. The normalized spacial score (nSPS) is 11.8. The lowest BCUT2D eigenvalue weighted by atomic mass is 9.89. The molecular weight excluding hydrogens is 318 g/mol. The first kappa shape index (κ1) is 13.8. The van der Waals surface area contributed by atoms with Crippen molar-refractivity contribution in [3.05, 3.63) is 85.2 Å². The molecule has 5 aromatic rings. The molecule has 0 aliphatic heterocycles. The molecule has 0 fully saturated rings. The van der Waals surface area contributed by atoms with Gasteiger partial charge in [-0.2, -0.15) is 0 Å². The predicted molar refractivity (Wildman–Crippen MR) is 98.0 cm³/mol. The summed E-state index contributed by atoms with van der Waals surface area (Å²) in [6.07, 6.45) is 0. The Balaban J connectivity index is 2.26. The van der Waals surface area contributed by atoms with Gasteiger partial charge in [0.15, 0.2) is 10.9 Å². The van der Waals surface area contributed by atoms with E-state index in [1.54, 1.807) is 30.3 Å². The molecule has 0 spiro atoms. The smallest absolute Gasteiger partial charge is 0.281 e. The van der Waals surface area contributed by atoms with Crippen LogP contribution in [-0.4, -0.2) is 4.92 Å². The third kappa shape index (κ3) is 1.61. The van der Waals surface area contributed by atoms with Gasteiger partial charge in [-0.05, 0) is 51.9 Å². The standard InChI is InChI=1S/C20H9NO4/c22-16-8-5-11-12-4-7-15(21(24)25)20-17(23)9-6-13(19(12)20)10-2-1-3-14(16)18(10)11/h1-9H. The fourth-order valence-electron chi connectivity index (χ4n) is 3.88. The van der Waals surface area contributed by atoms with Crippen molar-refractivity contribution in [1.29, 1.82) is 0 Å². The molecule has 0 aliphatic carbocycles. The van der Waals surface area contributed by atoms with E-state index in [9.17, 15) is 19.7 Å². The van der Waals surface area contributed by atoms with Gasteiger partial charge in [-0.15, -0.1) is 0 Å². The van der Waals surface area contributed by atoms with Crippen molar-refractivity contribution in [2.75, 3.05) is 0 Å². The molecule has 25 heavy (non-hydrogen) atoms. The Morgan fingerprint density at radius 1 is 0.600 bits per heavy atom. The molecule has 0 unspecified atom stereocenters. The molecule has 5 rings (SSSR count). The summed E-state index contributed by atoms with van der Waals surface area (Å²) in [6, 6.07) is 14.8. The molecule has 5 heteroatoms. The first-order valence-electron chi connectivity index (χ1n) is 7.72. The Morgan fingerprint density at radius 3 is 1.88 bits per heavy atom. The summed E-state index contributed by atoms with van der Waals surface area (Å²) in [7, 11) is 0. The number of hydrogen-bond donors (Lipinski definition) is 0. The molecule has 0 aromatic heterocycles. The number of benzene rings is 5. The number of nitro benzene ring substituents is 1. The van der Waals surface area contributed by atoms with Gasteiger partial charge in [-0.1, -0.05) is 18.2 Å². The van der Waals surface area contributed by atoms with E-state index < -0.39 is 4.92 Å². The second-order valence-electron chi connectivity index (χ2n) is 6.09. The molecule has 0 atom stereocenters. The molecule has 0 N–H and O–H groups in total. The van der Waals surface area contributed by atoms with Gasteiger partial charge in [0.1, 0.15) is 5.39 Å². The number of fused-ring (bicyclic) bond motifs is 2. The SMILES string of the molecule is O=c1ccc2c3ccc([N+](=O)[O-])c4c(=O)ccc(c5cccc1c25)c43. The van der Waals surface area contributed by atoms with Crippen molar-refractivity contribution in [2.24, 2.45) is 0 Å². The highest BCUT2D eigenvalue weighted by molar-refractivity contribution is 6.33. The summed E-state index contributed by atoms with van der Waals surface area (Å²) in [4.78, 5) is 35.5. The lowest BCUT2D eigenvalue weighted by molar-refractivity contribution is -0.383. The Labute approximate surface area is 139 Å². The van der Waals surface area contributed by atoms with Crippen molar-refractivity contribution < 1.29 is 4.92 Å². The average Bonchev–Trinajstić information content (AvgIpc) is 2.61. The number of nitrogens with zero attached hydrogens (tertiary/aromatic N) is 1. The van der Waals surface area contributed by atoms with E-state index in [1.807, 2.05) is 6.07 Å². The first-order chi connectivity index (χ1) is 12.1. The van der Waals surface area contributed by atoms with Gasteiger partial charge in [0.2, 0.25) is 0 Å².